The molecule has 0 aliphatic rings. The summed E-state index contributed by atoms with van der Waals surface area (Å²) in [5.74, 6) is 0.295. The molecular weight excluding hydrogens is 186 g/mol. The smallest absolute Gasteiger partial charge is 0.141 e. The molecular formula is C10H14ClNO. The third-order valence-corrected chi connectivity index (χ3v) is 2.43. The van der Waals surface area contributed by atoms with Crippen molar-refractivity contribution in [3.63, 3.8) is 0 Å². The molecule has 3 heteroatoms. The van der Waals surface area contributed by atoms with Gasteiger partial charge in [0.15, 0.2) is 0 Å². The maximum atomic E-state index is 9.71. The summed E-state index contributed by atoms with van der Waals surface area (Å²) in [6.07, 6.45) is 0. The summed E-state index contributed by atoms with van der Waals surface area (Å²) in [6.45, 7) is 6.48. The van der Waals surface area contributed by atoms with E-state index in [2.05, 4.69) is 5.32 Å². The van der Waals surface area contributed by atoms with Crippen LogP contribution in [0.3, 0.4) is 0 Å². The number of halogens is 1. The number of nitrogens with one attached hydrogen (secondary N) is 1. The molecule has 0 saturated heterocycles. The van der Waals surface area contributed by atoms with Gasteiger partial charge in [-0.15, -0.1) is 0 Å². The number of phenols is 1. The van der Waals surface area contributed by atoms with Crippen molar-refractivity contribution in [3.05, 3.63) is 22.2 Å². The normalized spacial score (nSPS) is 10.2. The summed E-state index contributed by atoms with van der Waals surface area (Å²) < 4.78 is 0. The van der Waals surface area contributed by atoms with Crippen LogP contribution in [0, 0.1) is 13.8 Å². The van der Waals surface area contributed by atoms with Gasteiger partial charge >= 0.3 is 0 Å². The standard InChI is InChI=1S/C10H14ClNO/c1-4-12-9-7(3)8(11)5-6(2)10(9)13/h5,12-13H,4H2,1-3H3. The highest BCUT2D eigenvalue weighted by molar-refractivity contribution is 6.32. The molecule has 0 atom stereocenters. The lowest BCUT2D eigenvalue weighted by Crippen LogP contribution is -2.00. The number of aryl methyl sites for hydroxylation is 1. The van der Waals surface area contributed by atoms with E-state index >= 15 is 0 Å². The molecule has 1 rings (SSSR count). The number of benzene rings is 1. The van der Waals surface area contributed by atoms with Gasteiger partial charge in [0.1, 0.15) is 5.75 Å². The predicted molar refractivity (Wildman–Crippen MR) is 56.8 cm³/mol. The largest absolute Gasteiger partial charge is 0.505 e. The third-order valence-electron chi connectivity index (χ3n) is 2.04. The van der Waals surface area contributed by atoms with Gasteiger partial charge in [-0.1, -0.05) is 11.6 Å². The number of anilines is 1. The van der Waals surface area contributed by atoms with Gasteiger partial charge in [-0.05, 0) is 38.0 Å². The van der Waals surface area contributed by atoms with Crippen LogP contribution < -0.4 is 5.32 Å². The lowest BCUT2D eigenvalue weighted by molar-refractivity contribution is 0.473. The molecule has 13 heavy (non-hydrogen) atoms. The molecule has 72 valence electrons. The highest BCUT2D eigenvalue weighted by Gasteiger charge is 2.10. The van der Waals surface area contributed by atoms with Crippen LogP contribution in [0.5, 0.6) is 5.75 Å². The van der Waals surface area contributed by atoms with Gasteiger partial charge in [-0.3, -0.25) is 0 Å². The average molecular weight is 200 g/mol. The summed E-state index contributed by atoms with van der Waals surface area (Å²) in [5, 5.41) is 13.5. The van der Waals surface area contributed by atoms with Crippen molar-refractivity contribution in [1.82, 2.24) is 0 Å². The number of aromatic hydroxyl groups is 1. The summed E-state index contributed by atoms with van der Waals surface area (Å²) in [4.78, 5) is 0. The first-order chi connectivity index (χ1) is 6.07. The van der Waals surface area contributed by atoms with Crippen molar-refractivity contribution in [1.29, 1.82) is 0 Å². The van der Waals surface area contributed by atoms with Crippen molar-refractivity contribution in [2.75, 3.05) is 11.9 Å². The molecule has 0 aromatic heterocycles. The molecule has 2 nitrogen and oxygen atoms in total. The van der Waals surface area contributed by atoms with Crippen LogP contribution in [-0.2, 0) is 0 Å². The van der Waals surface area contributed by atoms with E-state index in [1.807, 2.05) is 20.8 Å². The quantitative estimate of drug-likeness (QED) is 0.718. The Labute approximate surface area is 83.5 Å². The molecule has 1 aromatic rings. The Morgan fingerprint density at radius 3 is 2.62 bits per heavy atom. The first-order valence-corrected chi connectivity index (χ1v) is 4.68. The Kier molecular flexibility index (Phi) is 3.04. The molecule has 0 bridgehead atoms. The number of hydrogen-bond acceptors (Lipinski definition) is 2. The van der Waals surface area contributed by atoms with E-state index in [-0.39, 0.29) is 0 Å². The van der Waals surface area contributed by atoms with E-state index in [9.17, 15) is 5.11 Å². The molecule has 0 saturated carbocycles. The van der Waals surface area contributed by atoms with Crippen molar-refractivity contribution in [3.8, 4) is 5.75 Å². The van der Waals surface area contributed by atoms with E-state index in [1.165, 1.54) is 0 Å². The van der Waals surface area contributed by atoms with E-state index in [1.54, 1.807) is 6.07 Å². The molecule has 0 amide bonds. The highest BCUT2D eigenvalue weighted by Crippen LogP contribution is 2.35. The van der Waals surface area contributed by atoms with Crippen LogP contribution in [0.2, 0.25) is 5.02 Å². The molecule has 0 aliphatic heterocycles. The first kappa shape index (κ1) is 10.2. The fourth-order valence-electron chi connectivity index (χ4n) is 1.25. The molecule has 0 aliphatic carbocycles. The number of hydrogen-bond donors (Lipinski definition) is 2. The van der Waals surface area contributed by atoms with Gasteiger partial charge < -0.3 is 10.4 Å². The van der Waals surface area contributed by atoms with E-state index < -0.39 is 0 Å². The van der Waals surface area contributed by atoms with E-state index in [4.69, 9.17) is 11.6 Å². The fourth-order valence-corrected chi connectivity index (χ4v) is 1.51. The van der Waals surface area contributed by atoms with Gasteiger partial charge in [-0.2, -0.15) is 0 Å². The minimum atomic E-state index is 0.295. The van der Waals surface area contributed by atoms with Gasteiger partial charge in [0.25, 0.3) is 0 Å². The second kappa shape index (κ2) is 3.88. The molecule has 0 unspecified atom stereocenters. The maximum Gasteiger partial charge on any atom is 0.141 e. The van der Waals surface area contributed by atoms with Crippen molar-refractivity contribution < 1.29 is 5.11 Å². The Morgan fingerprint density at radius 1 is 1.46 bits per heavy atom. The fraction of sp³-hybridized carbons (Fsp3) is 0.400. The maximum absolute atomic E-state index is 9.71. The van der Waals surface area contributed by atoms with E-state index in [0.29, 0.717) is 10.8 Å². The Hall–Kier alpha value is -0.890. The monoisotopic (exact) mass is 199 g/mol. The third kappa shape index (κ3) is 1.89. The minimum absolute atomic E-state index is 0.295. The minimum Gasteiger partial charge on any atom is -0.505 e. The SMILES string of the molecule is CCNc1c(C)c(Cl)cc(C)c1O. The van der Waals surface area contributed by atoms with Crippen LogP contribution in [0.25, 0.3) is 0 Å². The molecule has 0 heterocycles. The van der Waals surface area contributed by atoms with Crippen LogP contribution in [0.1, 0.15) is 18.1 Å². The first-order valence-electron chi connectivity index (χ1n) is 4.30. The number of rotatable bonds is 2. The van der Waals surface area contributed by atoms with Gasteiger partial charge in [0.2, 0.25) is 0 Å². The Morgan fingerprint density at radius 2 is 2.08 bits per heavy atom. The summed E-state index contributed by atoms with van der Waals surface area (Å²) >= 11 is 5.98. The molecule has 0 radical (unpaired) electrons. The van der Waals surface area contributed by atoms with Crippen molar-refractivity contribution >= 4 is 17.3 Å². The molecule has 2 N–H and O–H groups in total. The Bertz CT molecular complexity index is 297. The molecule has 0 spiro atoms. The van der Waals surface area contributed by atoms with Crippen LogP contribution in [-0.4, -0.2) is 11.7 Å². The molecule has 0 fully saturated rings. The zero-order chi connectivity index (χ0) is 10.0. The second-order valence-electron chi connectivity index (χ2n) is 3.05. The lowest BCUT2D eigenvalue weighted by atomic mass is 10.1. The predicted octanol–water partition coefficient (Wildman–Crippen LogP) is 3.09. The topological polar surface area (TPSA) is 32.3 Å². The van der Waals surface area contributed by atoms with E-state index in [0.717, 1.165) is 23.4 Å². The van der Waals surface area contributed by atoms with Crippen LogP contribution >= 0.6 is 11.6 Å². The summed E-state index contributed by atoms with van der Waals surface area (Å²) in [6, 6.07) is 1.77. The molecule has 1 aromatic carbocycles. The summed E-state index contributed by atoms with van der Waals surface area (Å²) in [5.41, 5.74) is 2.44. The zero-order valence-corrected chi connectivity index (χ0v) is 8.87. The van der Waals surface area contributed by atoms with Crippen LogP contribution in [0.15, 0.2) is 6.07 Å². The highest BCUT2D eigenvalue weighted by atomic mass is 35.5. The zero-order valence-electron chi connectivity index (χ0n) is 8.11. The second-order valence-corrected chi connectivity index (χ2v) is 3.46. The summed E-state index contributed by atoms with van der Waals surface area (Å²) in [7, 11) is 0. The van der Waals surface area contributed by atoms with Gasteiger partial charge in [0.05, 0.1) is 5.69 Å². The van der Waals surface area contributed by atoms with Gasteiger partial charge in [0, 0.05) is 11.6 Å². The van der Waals surface area contributed by atoms with Crippen molar-refractivity contribution in [2.24, 2.45) is 0 Å². The lowest BCUT2D eigenvalue weighted by Gasteiger charge is -2.13. The Balaban J connectivity index is 3.28. The van der Waals surface area contributed by atoms with Crippen LogP contribution in [0.4, 0.5) is 5.69 Å². The number of phenolic OH excluding ortho intramolecular Hbond substituents is 1. The van der Waals surface area contributed by atoms with Gasteiger partial charge in [-0.25, -0.2) is 0 Å². The van der Waals surface area contributed by atoms with Crippen molar-refractivity contribution in [2.45, 2.75) is 20.8 Å². The average Bonchev–Trinajstić information content (AvgIpc) is 2.09.